The van der Waals surface area contributed by atoms with Crippen molar-refractivity contribution in [1.29, 1.82) is 0 Å². The summed E-state index contributed by atoms with van der Waals surface area (Å²) >= 11 is 0. The molecule has 10 heteroatoms. The Balaban J connectivity index is 1.55. The van der Waals surface area contributed by atoms with Crippen LogP contribution in [-0.2, 0) is 17.5 Å². The summed E-state index contributed by atoms with van der Waals surface area (Å²) in [4.78, 5) is 28.1. The molecule has 1 N–H and O–H groups in total. The molecule has 0 radical (unpaired) electrons. The van der Waals surface area contributed by atoms with Gasteiger partial charge in [0.15, 0.2) is 0 Å². The molecule has 0 saturated heterocycles. The average Bonchev–Trinajstić information content (AvgIpc) is 3.09. The van der Waals surface area contributed by atoms with Gasteiger partial charge in [-0.3, -0.25) is 9.59 Å². The quantitative estimate of drug-likeness (QED) is 0.410. The predicted molar refractivity (Wildman–Crippen MR) is 103 cm³/mol. The van der Waals surface area contributed by atoms with E-state index in [1.807, 2.05) is 0 Å². The van der Waals surface area contributed by atoms with Crippen molar-refractivity contribution >= 4 is 34.1 Å². The van der Waals surface area contributed by atoms with E-state index in [2.05, 4.69) is 15.5 Å². The number of alkyl halides is 3. The van der Waals surface area contributed by atoms with Crippen molar-refractivity contribution in [2.45, 2.75) is 12.7 Å². The SMILES string of the molecule is O=C(Cn1c(C(F)(F)F)nc2ccccc21)NN=Cc1coc2ccccc2c1=O. The first kappa shape index (κ1) is 19.4. The van der Waals surface area contributed by atoms with Gasteiger partial charge in [-0.05, 0) is 24.3 Å². The van der Waals surface area contributed by atoms with E-state index < -0.39 is 24.5 Å². The lowest BCUT2D eigenvalue weighted by Gasteiger charge is -2.10. The van der Waals surface area contributed by atoms with E-state index in [0.29, 0.717) is 11.0 Å². The van der Waals surface area contributed by atoms with Crippen LogP contribution >= 0.6 is 0 Å². The molecule has 0 aliphatic heterocycles. The number of fused-ring (bicyclic) bond motifs is 2. The Labute approximate surface area is 166 Å². The summed E-state index contributed by atoms with van der Waals surface area (Å²) in [5.41, 5.74) is 2.54. The molecular weight excluding hydrogens is 401 g/mol. The maximum Gasteiger partial charge on any atom is 0.449 e. The monoisotopic (exact) mass is 414 g/mol. The second-order valence-corrected chi connectivity index (χ2v) is 6.32. The molecule has 0 bridgehead atoms. The number of halogens is 3. The van der Waals surface area contributed by atoms with Crippen LogP contribution in [0.5, 0.6) is 0 Å². The zero-order chi connectivity index (χ0) is 21.3. The third-order valence-corrected chi connectivity index (χ3v) is 4.31. The van der Waals surface area contributed by atoms with Crippen LogP contribution in [0, 0.1) is 0 Å². The highest BCUT2D eigenvalue weighted by atomic mass is 19.4. The Morgan fingerprint density at radius 3 is 2.70 bits per heavy atom. The summed E-state index contributed by atoms with van der Waals surface area (Å²) in [5, 5.41) is 4.00. The summed E-state index contributed by atoms with van der Waals surface area (Å²) in [6, 6.07) is 12.6. The standard InChI is InChI=1S/C20H13F3N4O3/c21-20(22,23)19-25-14-6-2-3-7-15(14)27(19)10-17(28)26-24-9-12-11-30-16-8-4-1-5-13(16)18(12)29/h1-9,11H,10H2,(H,26,28). The third kappa shape index (κ3) is 3.66. The van der Waals surface area contributed by atoms with E-state index in [-0.39, 0.29) is 22.0 Å². The minimum Gasteiger partial charge on any atom is -0.463 e. The molecule has 0 spiro atoms. The van der Waals surface area contributed by atoms with E-state index in [1.54, 1.807) is 36.4 Å². The van der Waals surface area contributed by atoms with Gasteiger partial charge in [0.05, 0.1) is 28.2 Å². The number of para-hydroxylation sites is 3. The van der Waals surface area contributed by atoms with Gasteiger partial charge in [0.1, 0.15) is 18.4 Å². The molecule has 0 fully saturated rings. The molecule has 2 heterocycles. The number of hydrazone groups is 1. The zero-order valence-electron chi connectivity index (χ0n) is 15.2. The number of carbonyl (C=O) groups is 1. The van der Waals surface area contributed by atoms with Crippen molar-refractivity contribution in [3.05, 3.63) is 76.4 Å². The first-order valence-corrected chi connectivity index (χ1v) is 8.69. The number of aromatic nitrogens is 2. The minimum atomic E-state index is -4.73. The number of hydrogen-bond donors (Lipinski definition) is 1. The summed E-state index contributed by atoms with van der Waals surface area (Å²) < 4.78 is 46.0. The second kappa shape index (κ2) is 7.47. The molecule has 1 amide bonds. The maximum absolute atomic E-state index is 13.3. The number of rotatable bonds is 4. The van der Waals surface area contributed by atoms with Crippen LogP contribution in [0.2, 0.25) is 0 Å². The molecule has 30 heavy (non-hydrogen) atoms. The molecule has 4 aromatic rings. The van der Waals surface area contributed by atoms with E-state index in [4.69, 9.17) is 4.42 Å². The molecule has 0 aliphatic carbocycles. The van der Waals surface area contributed by atoms with Gasteiger partial charge >= 0.3 is 6.18 Å². The first-order chi connectivity index (χ1) is 14.3. The fourth-order valence-electron chi connectivity index (χ4n) is 2.99. The Morgan fingerprint density at radius 1 is 1.17 bits per heavy atom. The molecule has 7 nitrogen and oxygen atoms in total. The number of nitrogens with one attached hydrogen (secondary N) is 1. The van der Waals surface area contributed by atoms with Crippen LogP contribution in [0.1, 0.15) is 11.4 Å². The third-order valence-electron chi connectivity index (χ3n) is 4.31. The lowest BCUT2D eigenvalue weighted by atomic mass is 10.2. The zero-order valence-corrected chi connectivity index (χ0v) is 15.2. The highest BCUT2D eigenvalue weighted by Gasteiger charge is 2.37. The Kier molecular flexibility index (Phi) is 4.82. The van der Waals surface area contributed by atoms with Crippen molar-refractivity contribution in [1.82, 2.24) is 15.0 Å². The molecule has 0 unspecified atom stereocenters. The van der Waals surface area contributed by atoms with E-state index in [0.717, 1.165) is 10.8 Å². The van der Waals surface area contributed by atoms with Gasteiger partial charge in [-0.25, -0.2) is 10.4 Å². The average molecular weight is 414 g/mol. The van der Waals surface area contributed by atoms with Gasteiger partial charge in [-0.15, -0.1) is 0 Å². The van der Waals surface area contributed by atoms with Crippen LogP contribution in [-0.4, -0.2) is 21.7 Å². The van der Waals surface area contributed by atoms with Gasteiger partial charge < -0.3 is 8.98 Å². The first-order valence-electron chi connectivity index (χ1n) is 8.69. The molecule has 0 atom stereocenters. The molecule has 4 rings (SSSR count). The van der Waals surface area contributed by atoms with Gasteiger partial charge in [-0.1, -0.05) is 24.3 Å². The van der Waals surface area contributed by atoms with Crippen LogP contribution < -0.4 is 10.9 Å². The number of carbonyl (C=O) groups excluding carboxylic acids is 1. The molecule has 0 aliphatic rings. The van der Waals surface area contributed by atoms with Gasteiger partial charge in [-0.2, -0.15) is 18.3 Å². The molecular formula is C20H13F3N4O3. The van der Waals surface area contributed by atoms with Crippen molar-refractivity contribution in [2.24, 2.45) is 5.10 Å². The van der Waals surface area contributed by atoms with Crippen molar-refractivity contribution < 1.29 is 22.4 Å². The summed E-state index contributed by atoms with van der Waals surface area (Å²) in [7, 11) is 0. The van der Waals surface area contributed by atoms with Crippen LogP contribution in [0.4, 0.5) is 13.2 Å². The Morgan fingerprint density at radius 2 is 1.90 bits per heavy atom. The van der Waals surface area contributed by atoms with E-state index in [1.165, 1.54) is 18.4 Å². The number of benzene rings is 2. The highest BCUT2D eigenvalue weighted by Crippen LogP contribution is 2.31. The molecule has 2 aromatic heterocycles. The number of amides is 1. The maximum atomic E-state index is 13.3. The van der Waals surface area contributed by atoms with Crippen LogP contribution in [0.15, 0.2) is 69.1 Å². The Bertz CT molecular complexity index is 1340. The largest absolute Gasteiger partial charge is 0.463 e. The number of imidazole rings is 1. The molecule has 2 aromatic carbocycles. The predicted octanol–water partition coefficient (Wildman–Crippen LogP) is 3.31. The normalized spacial score (nSPS) is 12.1. The van der Waals surface area contributed by atoms with E-state index >= 15 is 0 Å². The van der Waals surface area contributed by atoms with E-state index in [9.17, 15) is 22.8 Å². The smallest absolute Gasteiger partial charge is 0.449 e. The fourth-order valence-corrected chi connectivity index (χ4v) is 2.99. The van der Waals surface area contributed by atoms with Crippen molar-refractivity contribution in [2.75, 3.05) is 0 Å². The van der Waals surface area contributed by atoms with Gasteiger partial charge in [0.2, 0.25) is 11.3 Å². The minimum absolute atomic E-state index is 0.0815. The Hall–Kier alpha value is -3.95. The lowest BCUT2D eigenvalue weighted by molar-refractivity contribution is -0.147. The van der Waals surface area contributed by atoms with Gasteiger partial charge in [0, 0.05) is 0 Å². The van der Waals surface area contributed by atoms with Gasteiger partial charge in [0.25, 0.3) is 5.91 Å². The number of nitrogens with zero attached hydrogens (tertiary/aromatic N) is 3. The fraction of sp³-hybridized carbons (Fsp3) is 0.100. The second-order valence-electron chi connectivity index (χ2n) is 6.32. The lowest BCUT2D eigenvalue weighted by Crippen LogP contribution is -2.26. The molecule has 0 saturated carbocycles. The molecule has 152 valence electrons. The topological polar surface area (TPSA) is 89.5 Å². The van der Waals surface area contributed by atoms with Crippen molar-refractivity contribution in [3.8, 4) is 0 Å². The number of hydrogen-bond acceptors (Lipinski definition) is 5. The summed E-state index contributed by atoms with van der Waals surface area (Å²) in [6.07, 6.45) is -2.47. The van der Waals surface area contributed by atoms with Crippen LogP contribution in [0.3, 0.4) is 0 Å². The van der Waals surface area contributed by atoms with Crippen molar-refractivity contribution in [3.63, 3.8) is 0 Å². The highest BCUT2D eigenvalue weighted by molar-refractivity contribution is 5.87. The van der Waals surface area contributed by atoms with Crippen LogP contribution in [0.25, 0.3) is 22.0 Å². The summed E-state index contributed by atoms with van der Waals surface area (Å²) in [6.45, 7) is -0.654. The summed E-state index contributed by atoms with van der Waals surface area (Å²) in [5.74, 6) is -2.00.